The first-order chi connectivity index (χ1) is 14.7. The molecule has 0 aliphatic heterocycles. The summed E-state index contributed by atoms with van der Waals surface area (Å²) < 4.78 is 6.11. The lowest BCUT2D eigenvalue weighted by Gasteiger charge is -2.21. The number of carbonyl (C=O) groups excluding carboxylic acids is 1. The van der Waals surface area contributed by atoms with Crippen LogP contribution in [-0.2, 0) is 4.79 Å². The highest BCUT2D eigenvalue weighted by molar-refractivity contribution is 6.03. The van der Waals surface area contributed by atoms with Crippen LogP contribution < -0.4 is 10.7 Å². The van der Waals surface area contributed by atoms with Gasteiger partial charge in [0, 0.05) is 5.92 Å². The van der Waals surface area contributed by atoms with Crippen LogP contribution in [0.2, 0.25) is 0 Å². The second kappa shape index (κ2) is 7.79. The van der Waals surface area contributed by atoms with Gasteiger partial charge in [-0.25, -0.2) is 0 Å². The highest BCUT2D eigenvalue weighted by atomic mass is 16.4. The van der Waals surface area contributed by atoms with Crippen molar-refractivity contribution in [1.29, 1.82) is 0 Å². The average molecular weight is 397 g/mol. The van der Waals surface area contributed by atoms with E-state index in [1.165, 1.54) is 6.42 Å². The molecule has 4 heteroatoms. The van der Waals surface area contributed by atoms with Crippen LogP contribution >= 0.6 is 0 Å². The average Bonchev–Trinajstić information content (AvgIpc) is 2.80. The van der Waals surface area contributed by atoms with Gasteiger partial charge in [-0.05, 0) is 41.3 Å². The van der Waals surface area contributed by atoms with Gasteiger partial charge < -0.3 is 4.42 Å². The van der Waals surface area contributed by atoms with E-state index in [0.717, 1.165) is 42.0 Å². The number of benzene rings is 3. The summed E-state index contributed by atoms with van der Waals surface area (Å²) in [5.41, 5.74) is 1.53. The van der Waals surface area contributed by atoms with Crippen molar-refractivity contribution < 1.29 is 9.21 Å². The normalized spacial score (nSPS) is 14.8. The van der Waals surface area contributed by atoms with Gasteiger partial charge in [-0.3, -0.25) is 14.9 Å². The molecular formula is C26H23NO3. The Kier molecular flexibility index (Phi) is 4.83. The lowest BCUT2D eigenvalue weighted by atomic mass is 9.88. The van der Waals surface area contributed by atoms with Crippen LogP contribution in [0, 0.1) is 5.92 Å². The maximum atomic E-state index is 13.5. The number of fused-ring (bicyclic) bond motifs is 2. The van der Waals surface area contributed by atoms with E-state index in [-0.39, 0.29) is 23.1 Å². The van der Waals surface area contributed by atoms with Crippen molar-refractivity contribution in [2.75, 3.05) is 5.32 Å². The summed E-state index contributed by atoms with van der Waals surface area (Å²) in [6, 6.07) is 21.0. The minimum atomic E-state index is -0.132. The maximum absolute atomic E-state index is 13.5. The third-order valence-corrected chi connectivity index (χ3v) is 6.07. The molecule has 0 radical (unpaired) electrons. The van der Waals surface area contributed by atoms with Crippen LogP contribution in [0.5, 0.6) is 0 Å². The summed E-state index contributed by atoms with van der Waals surface area (Å²) >= 11 is 0. The first-order valence-electron chi connectivity index (χ1n) is 10.6. The number of carbonyl (C=O) groups is 1. The molecule has 0 unspecified atom stereocenters. The number of hydrogen-bond acceptors (Lipinski definition) is 3. The fourth-order valence-electron chi connectivity index (χ4n) is 4.50. The van der Waals surface area contributed by atoms with E-state index in [0.29, 0.717) is 16.5 Å². The molecule has 1 N–H and O–H groups in total. The Bertz CT molecular complexity index is 1290. The van der Waals surface area contributed by atoms with Gasteiger partial charge in [-0.15, -0.1) is 0 Å². The molecule has 5 rings (SSSR count). The van der Waals surface area contributed by atoms with Gasteiger partial charge in [0.2, 0.25) is 17.2 Å². The quantitative estimate of drug-likeness (QED) is 0.452. The predicted molar refractivity (Wildman–Crippen MR) is 121 cm³/mol. The number of rotatable bonds is 3. The molecule has 0 saturated heterocycles. The van der Waals surface area contributed by atoms with Crippen LogP contribution in [0.15, 0.2) is 75.9 Å². The molecule has 4 nitrogen and oxygen atoms in total. The second-order valence-electron chi connectivity index (χ2n) is 7.98. The van der Waals surface area contributed by atoms with Crippen molar-refractivity contribution in [3.05, 3.63) is 77.0 Å². The van der Waals surface area contributed by atoms with E-state index in [1.54, 1.807) is 12.1 Å². The molecule has 0 bridgehead atoms. The van der Waals surface area contributed by atoms with Crippen LogP contribution in [0.4, 0.5) is 5.88 Å². The van der Waals surface area contributed by atoms with Crippen molar-refractivity contribution in [2.45, 2.75) is 32.1 Å². The van der Waals surface area contributed by atoms with Gasteiger partial charge >= 0.3 is 0 Å². The Morgan fingerprint density at radius 2 is 1.53 bits per heavy atom. The van der Waals surface area contributed by atoms with Crippen molar-refractivity contribution in [1.82, 2.24) is 0 Å². The van der Waals surface area contributed by atoms with Gasteiger partial charge in [0.15, 0.2) is 0 Å². The zero-order valence-corrected chi connectivity index (χ0v) is 16.7. The van der Waals surface area contributed by atoms with Crippen molar-refractivity contribution >= 4 is 33.5 Å². The minimum Gasteiger partial charge on any atom is -0.439 e. The van der Waals surface area contributed by atoms with Crippen molar-refractivity contribution in [3.8, 4) is 11.1 Å². The van der Waals surface area contributed by atoms with E-state index in [1.807, 2.05) is 54.6 Å². The SMILES string of the molecule is O=C(Nc1oc2ccccc2c(=O)c1-c1cccc2ccccc12)C1CCCCC1. The molecule has 30 heavy (non-hydrogen) atoms. The number of hydrogen-bond donors (Lipinski definition) is 1. The van der Waals surface area contributed by atoms with Gasteiger partial charge in [-0.1, -0.05) is 73.9 Å². The molecule has 1 amide bonds. The summed E-state index contributed by atoms with van der Waals surface area (Å²) in [5, 5.41) is 5.47. The van der Waals surface area contributed by atoms with E-state index < -0.39 is 0 Å². The lowest BCUT2D eigenvalue weighted by Crippen LogP contribution is -2.26. The maximum Gasteiger partial charge on any atom is 0.229 e. The summed E-state index contributed by atoms with van der Waals surface area (Å²) in [6.45, 7) is 0. The van der Waals surface area contributed by atoms with Crippen LogP contribution in [0.3, 0.4) is 0 Å². The number of para-hydroxylation sites is 1. The van der Waals surface area contributed by atoms with Gasteiger partial charge in [-0.2, -0.15) is 0 Å². The van der Waals surface area contributed by atoms with Crippen LogP contribution in [0.25, 0.3) is 32.9 Å². The highest BCUT2D eigenvalue weighted by Crippen LogP contribution is 2.34. The third kappa shape index (κ3) is 3.28. The Hall–Kier alpha value is -3.40. The van der Waals surface area contributed by atoms with Gasteiger partial charge in [0.25, 0.3) is 0 Å². The van der Waals surface area contributed by atoms with Crippen molar-refractivity contribution in [2.24, 2.45) is 5.92 Å². The Balaban J connectivity index is 1.71. The molecule has 1 aliphatic rings. The van der Waals surface area contributed by atoms with E-state index in [2.05, 4.69) is 5.32 Å². The smallest absolute Gasteiger partial charge is 0.229 e. The fourth-order valence-corrected chi connectivity index (χ4v) is 4.50. The van der Waals surface area contributed by atoms with E-state index >= 15 is 0 Å². The molecule has 0 spiro atoms. The highest BCUT2D eigenvalue weighted by Gasteiger charge is 2.25. The molecule has 1 aliphatic carbocycles. The summed E-state index contributed by atoms with van der Waals surface area (Å²) in [7, 11) is 0. The Morgan fingerprint density at radius 3 is 2.37 bits per heavy atom. The van der Waals surface area contributed by atoms with E-state index in [9.17, 15) is 9.59 Å². The zero-order chi connectivity index (χ0) is 20.5. The number of nitrogens with one attached hydrogen (secondary N) is 1. The van der Waals surface area contributed by atoms with Crippen LogP contribution in [-0.4, -0.2) is 5.91 Å². The largest absolute Gasteiger partial charge is 0.439 e. The first-order valence-corrected chi connectivity index (χ1v) is 10.6. The zero-order valence-electron chi connectivity index (χ0n) is 16.7. The standard InChI is InChI=1S/C26H23NO3/c28-24-21-14-6-7-16-22(21)30-26(27-25(29)18-10-2-1-3-11-18)23(24)20-15-8-12-17-9-4-5-13-19(17)20/h4-9,12-16,18H,1-3,10-11H2,(H,27,29). The summed E-state index contributed by atoms with van der Waals surface area (Å²) in [4.78, 5) is 26.5. The number of amides is 1. The molecule has 1 heterocycles. The predicted octanol–water partition coefficient (Wildman–Crippen LogP) is 6.13. The third-order valence-electron chi connectivity index (χ3n) is 6.07. The van der Waals surface area contributed by atoms with Gasteiger partial charge in [0.1, 0.15) is 5.58 Å². The summed E-state index contributed by atoms with van der Waals surface area (Å²) in [6.07, 6.45) is 5.07. The van der Waals surface area contributed by atoms with Crippen LogP contribution in [0.1, 0.15) is 32.1 Å². The molecular weight excluding hydrogens is 374 g/mol. The topological polar surface area (TPSA) is 59.3 Å². The second-order valence-corrected chi connectivity index (χ2v) is 7.98. The van der Waals surface area contributed by atoms with Crippen molar-refractivity contribution in [3.63, 3.8) is 0 Å². The molecule has 1 fully saturated rings. The van der Waals surface area contributed by atoms with Gasteiger partial charge in [0.05, 0.1) is 10.9 Å². The monoisotopic (exact) mass is 397 g/mol. The number of anilines is 1. The molecule has 3 aromatic carbocycles. The van der Waals surface area contributed by atoms with E-state index in [4.69, 9.17) is 4.42 Å². The Labute approximate surface area is 174 Å². The summed E-state index contributed by atoms with van der Waals surface area (Å²) in [5.74, 6) is 0.149. The Morgan fingerprint density at radius 1 is 0.833 bits per heavy atom. The molecule has 0 atom stereocenters. The molecule has 1 aromatic heterocycles. The molecule has 150 valence electrons. The lowest BCUT2D eigenvalue weighted by molar-refractivity contribution is -0.120. The molecule has 4 aromatic rings. The fraction of sp³-hybridized carbons (Fsp3) is 0.231. The molecule has 1 saturated carbocycles. The minimum absolute atomic E-state index is 0.0316. The first kappa shape index (κ1) is 18.6.